The summed E-state index contributed by atoms with van der Waals surface area (Å²) in [4.78, 5) is 11.6. The summed E-state index contributed by atoms with van der Waals surface area (Å²) in [5, 5.41) is 0.637. The first-order valence-corrected chi connectivity index (χ1v) is 4.84. The van der Waals surface area contributed by atoms with Crippen molar-refractivity contribution < 1.29 is 4.79 Å². The van der Waals surface area contributed by atoms with Gasteiger partial charge in [0.05, 0.1) is 0 Å². The molecule has 0 atom stereocenters. The first kappa shape index (κ1) is 11.0. The zero-order valence-electron chi connectivity index (χ0n) is 8.60. The van der Waals surface area contributed by atoms with E-state index in [-0.39, 0.29) is 5.78 Å². The van der Waals surface area contributed by atoms with Gasteiger partial charge in [-0.2, -0.15) is 0 Å². The average Bonchev–Trinajstić information content (AvgIpc) is 2.08. The van der Waals surface area contributed by atoms with Gasteiger partial charge in [0.15, 0.2) is 5.78 Å². The van der Waals surface area contributed by atoms with Crippen molar-refractivity contribution in [1.29, 1.82) is 0 Å². The van der Waals surface area contributed by atoms with E-state index in [9.17, 15) is 4.79 Å². The highest BCUT2D eigenvalue weighted by Gasteiger charge is 2.04. The minimum Gasteiger partial charge on any atom is -0.289 e. The van der Waals surface area contributed by atoms with Crippen LogP contribution in [0.3, 0.4) is 0 Å². The molecule has 2 heteroatoms. The van der Waals surface area contributed by atoms with Crippen molar-refractivity contribution in [3.05, 3.63) is 46.0 Å². The van der Waals surface area contributed by atoms with Crippen molar-refractivity contribution in [2.24, 2.45) is 0 Å². The molecule has 0 heterocycles. The third-order valence-electron chi connectivity index (χ3n) is 1.88. The highest BCUT2D eigenvalue weighted by molar-refractivity contribution is 6.31. The van der Waals surface area contributed by atoms with E-state index in [1.807, 2.05) is 26.8 Å². The number of allylic oxidation sites excluding steroid dienone is 2. The zero-order chi connectivity index (χ0) is 10.7. The van der Waals surface area contributed by atoms with Gasteiger partial charge in [0.2, 0.25) is 0 Å². The zero-order valence-corrected chi connectivity index (χ0v) is 9.35. The molecular weight excluding hydrogens is 196 g/mol. The SMILES string of the molecule is CC(C)=CC(=O)c1ccc(C)c(Cl)c1. The third kappa shape index (κ3) is 2.71. The quantitative estimate of drug-likeness (QED) is 0.534. The number of halogens is 1. The van der Waals surface area contributed by atoms with Gasteiger partial charge in [-0.3, -0.25) is 4.79 Å². The van der Waals surface area contributed by atoms with Crippen LogP contribution in [-0.2, 0) is 0 Å². The lowest BCUT2D eigenvalue weighted by Gasteiger charge is -2.00. The Morgan fingerprint density at radius 2 is 2.00 bits per heavy atom. The molecule has 0 fully saturated rings. The smallest absolute Gasteiger partial charge is 0.185 e. The van der Waals surface area contributed by atoms with Crippen molar-refractivity contribution in [3.8, 4) is 0 Å². The topological polar surface area (TPSA) is 17.1 Å². The van der Waals surface area contributed by atoms with E-state index in [0.29, 0.717) is 10.6 Å². The Labute approximate surface area is 89.4 Å². The molecule has 0 radical (unpaired) electrons. The lowest BCUT2D eigenvalue weighted by molar-refractivity contribution is 0.104. The van der Waals surface area contributed by atoms with E-state index < -0.39 is 0 Å². The summed E-state index contributed by atoms with van der Waals surface area (Å²) >= 11 is 5.92. The molecule has 1 nitrogen and oxygen atoms in total. The summed E-state index contributed by atoms with van der Waals surface area (Å²) in [5.41, 5.74) is 2.62. The molecule has 1 aromatic rings. The van der Waals surface area contributed by atoms with Gasteiger partial charge >= 0.3 is 0 Å². The maximum absolute atomic E-state index is 11.6. The fourth-order valence-corrected chi connectivity index (χ4v) is 1.27. The second-order valence-corrected chi connectivity index (χ2v) is 3.96. The van der Waals surface area contributed by atoms with Crippen molar-refractivity contribution >= 4 is 17.4 Å². The van der Waals surface area contributed by atoms with Gasteiger partial charge in [0.1, 0.15) is 0 Å². The van der Waals surface area contributed by atoms with Gasteiger partial charge in [-0.05, 0) is 38.5 Å². The Morgan fingerprint density at radius 3 is 2.50 bits per heavy atom. The fourth-order valence-electron chi connectivity index (χ4n) is 1.09. The van der Waals surface area contributed by atoms with Crippen LogP contribution < -0.4 is 0 Å². The maximum Gasteiger partial charge on any atom is 0.185 e. The molecule has 0 aliphatic carbocycles. The lowest BCUT2D eigenvalue weighted by atomic mass is 10.1. The van der Waals surface area contributed by atoms with E-state index >= 15 is 0 Å². The fraction of sp³-hybridized carbons (Fsp3) is 0.250. The average molecular weight is 209 g/mol. The summed E-state index contributed by atoms with van der Waals surface area (Å²) in [6.45, 7) is 5.71. The van der Waals surface area contributed by atoms with E-state index in [1.165, 1.54) is 0 Å². The van der Waals surface area contributed by atoms with Crippen molar-refractivity contribution in [3.63, 3.8) is 0 Å². The number of hydrogen-bond donors (Lipinski definition) is 0. The number of aryl methyl sites for hydroxylation is 1. The summed E-state index contributed by atoms with van der Waals surface area (Å²) in [6, 6.07) is 5.36. The van der Waals surface area contributed by atoms with Crippen LogP contribution in [0.5, 0.6) is 0 Å². The Hall–Kier alpha value is -1.08. The van der Waals surface area contributed by atoms with Crippen molar-refractivity contribution in [2.75, 3.05) is 0 Å². The van der Waals surface area contributed by atoms with Crippen LogP contribution in [0.15, 0.2) is 29.8 Å². The van der Waals surface area contributed by atoms with Gasteiger partial charge in [0, 0.05) is 10.6 Å². The molecule has 1 rings (SSSR count). The third-order valence-corrected chi connectivity index (χ3v) is 2.28. The molecule has 14 heavy (non-hydrogen) atoms. The number of ketones is 1. The molecule has 0 aliphatic rings. The molecule has 74 valence electrons. The Balaban J connectivity index is 3.03. The predicted octanol–water partition coefficient (Wildman–Crippen LogP) is 3.80. The van der Waals surface area contributed by atoms with Crippen LogP contribution in [-0.4, -0.2) is 5.78 Å². The molecule has 0 bridgehead atoms. The Bertz CT molecular complexity index is 387. The van der Waals surface area contributed by atoms with Crippen LogP contribution in [0, 0.1) is 6.92 Å². The molecule has 0 N–H and O–H groups in total. The Kier molecular flexibility index (Phi) is 3.48. The molecule has 0 spiro atoms. The molecule has 1 aromatic carbocycles. The first-order valence-electron chi connectivity index (χ1n) is 4.46. The largest absolute Gasteiger partial charge is 0.289 e. The second kappa shape index (κ2) is 4.43. The summed E-state index contributed by atoms with van der Waals surface area (Å²) in [7, 11) is 0. The molecule has 0 unspecified atom stereocenters. The number of rotatable bonds is 2. The number of benzene rings is 1. The van der Waals surface area contributed by atoms with Crippen molar-refractivity contribution in [2.45, 2.75) is 20.8 Å². The summed E-state index contributed by atoms with van der Waals surface area (Å²) in [5.74, 6) is 0.00639. The number of carbonyl (C=O) groups is 1. The normalized spacial score (nSPS) is 9.71. The molecule has 0 saturated carbocycles. The summed E-state index contributed by atoms with van der Waals surface area (Å²) < 4.78 is 0. The van der Waals surface area contributed by atoms with Crippen LogP contribution >= 0.6 is 11.6 Å². The Morgan fingerprint density at radius 1 is 1.36 bits per heavy atom. The van der Waals surface area contributed by atoms with Gasteiger partial charge in [-0.1, -0.05) is 29.3 Å². The van der Waals surface area contributed by atoms with Gasteiger partial charge < -0.3 is 0 Å². The monoisotopic (exact) mass is 208 g/mol. The summed E-state index contributed by atoms with van der Waals surface area (Å²) in [6.07, 6.45) is 1.61. The van der Waals surface area contributed by atoms with Gasteiger partial charge in [-0.25, -0.2) is 0 Å². The van der Waals surface area contributed by atoms with E-state index in [2.05, 4.69) is 0 Å². The van der Waals surface area contributed by atoms with Crippen LogP contribution in [0.4, 0.5) is 0 Å². The molecule has 0 saturated heterocycles. The van der Waals surface area contributed by atoms with E-state index in [1.54, 1.807) is 18.2 Å². The molecule has 0 aliphatic heterocycles. The lowest BCUT2D eigenvalue weighted by Crippen LogP contribution is -1.95. The highest BCUT2D eigenvalue weighted by atomic mass is 35.5. The molecular formula is C12H13ClO. The first-order chi connectivity index (χ1) is 6.50. The second-order valence-electron chi connectivity index (χ2n) is 3.55. The minimum atomic E-state index is 0.00639. The minimum absolute atomic E-state index is 0.00639. The maximum atomic E-state index is 11.6. The highest BCUT2D eigenvalue weighted by Crippen LogP contribution is 2.17. The number of hydrogen-bond acceptors (Lipinski definition) is 1. The standard InChI is InChI=1S/C12H13ClO/c1-8(2)6-12(14)10-5-4-9(3)11(13)7-10/h4-7H,1-3H3. The van der Waals surface area contributed by atoms with Crippen LogP contribution in [0.2, 0.25) is 5.02 Å². The molecule has 0 aromatic heterocycles. The van der Waals surface area contributed by atoms with Gasteiger partial charge in [-0.15, -0.1) is 0 Å². The van der Waals surface area contributed by atoms with E-state index in [0.717, 1.165) is 11.1 Å². The van der Waals surface area contributed by atoms with Gasteiger partial charge in [0.25, 0.3) is 0 Å². The molecule has 0 amide bonds. The van der Waals surface area contributed by atoms with E-state index in [4.69, 9.17) is 11.6 Å². The number of carbonyl (C=O) groups excluding carboxylic acids is 1. The predicted molar refractivity (Wildman–Crippen MR) is 60.0 cm³/mol. The van der Waals surface area contributed by atoms with Crippen LogP contribution in [0.25, 0.3) is 0 Å². The van der Waals surface area contributed by atoms with Crippen molar-refractivity contribution in [1.82, 2.24) is 0 Å². The van der Waals surface area contributed by atoms with Crippen LogP contribution in [0.1, 0.15) is 29.8 Å².